The molecule has 96 valence electrons. The first-order chi connectivity index (χ1) is 9.43. The number of hydrogen-bond donors (Lipinski definition) is 2. The van der Waals surface area contributed by atoms with Crippen molar-refractivity contribution in [3.05, 3.63) is 65.7 Å². The van der Waals surface area contributed by atoms with Crippen molar-refractivity contribution in [2.24, 2.45) is 5.92 Å². The molecule has 3 atom stereocenters. The standard InChI is InChI=1S/C17H18N2/c1-2-6-12(7-3-1)16-14-10-11-18-17(14)13-8-4-5-9-15(13)19-16/h1-9,14,16-19H,10-11H2/t14-,16-,17-/m0/s1. The summed E-state index contributed by atoms with van der Waals surface area (Å²) in [5.41, 5.74) is 4.11. The molecule has 0 aliphatic carbocycles. The molecule has 2 heterocycles. The summed E-state index contributed by atoms with van der Waals surface area (Å²) in [6.45, 7) is 1.12. The Kier molecular flexibility index (Phi) is 2.56. The van der Waals surface area contributed by atoms with Crippen LogP contribution in [0.5, 0.6) is 0 Å². The summed E-state index contributed by atoms with van der Waals surface area (Å²) in [5.74, 6) is 0.650. The molecule has 2 aromatic carbocycles. The van der Waals surface area contributed by atoms with E-state index in [0.29, 0.717) is 18.0 Å². The van der Waals surface area contributed by atoms with Gasteiger partial charge in [-0.1, -0.05) is 48.5 Å². The number of nitrogens with one attached hydrogen (secondary N) is 2. The quantitative estimate of drug-likeness (QED) is 0.809. The van der Waals surface area contributed by atoms with E-state index in [-0.39, 0.29) is 0 Å². The molecule has 2 nitrogen and oxygen atoms in total. The van der Waals surface area contributed by atoms with Crippen molar-refractivity contribution in [1.29, 1.82) is 0 Å². The van der Waals surface area contributed by atoms with E-state index in [4.69, 9.17) is 0 Å². The SMILES string of the molecule is c1ccc([C@@H]2Nc3ccccc3[C@@H]3NCC[C@@H]23)cc1. The Morgan fingerprint density at radius 2 is 1.63 bits per heavy atom. The monoisotopic (exact) mass is 250 g/mol. The van der Waals surface area contributed by atoms with Crippen molar-refractivity contribution in [3.63, 3.8) is 0 Å². The Bertz CT molecular complexity index is 579. The molecule has 2 aromatic rings. The second-order valence-electron chi connectivity index (χ2n) is 5.50. The van der Waals surface area contributed by atoms with Crippen molar-refractivity contribution in [1.82, 2.24) is 5.32 Å². The Morgan fingerprint density at radius 1 is 0.842 bits per heavy atom. The van der Waals surface area contributed by atoms with Gasteiger partial charge in [-0.05, 0) is 30.2 Å². The highest BCUT2D eigenvalue weighted by molar-refractivity contribution is 5.57. The number of para-hydroxylation sites is 1. The van der Waals surface area contributed by atoms with E-state index in [0.717, 1.165) is 6.54 Å². The van der Waals surface area contributed by atoms with Gasteiger partial charge in [-0.25, -0.2) is 0 Å². The Morgan fingerprint density at radius 3 is 2.53 bits per heavy atom. The predicted octanol–water partition coefficient (Wildman–Crippen LogP) is 3.50. The van der Waals surface area contributed by atoms with E-state index in [2.05, 4.69) is 65.2 Å². The largest absolute Gasteiger partial charge is 0.378 e. The Balaban J connectivity index is 1.79. The van der Waals surface area contributed by atoms with Crippen LogP contribution in [-0.2, 0) is 0 Å². The molecule has 1 saturated heterocycles. The third-order valence-corrected chi connectivity index (χ3v) is 4.46. The zero-order chi connectivity index (χ0) is 12.7. The third-order valence-electron chi connectivity index (χ3n) is 4.46. The molecule has 0 radical (unpaired) electrons. The first-order valence-electron chi connectivity index (χ1n) is 7.07. The zero-order valence-corrected chi connectivity index (χ0v) is 10.8. The maximum Gasteiger partial charge on any atom is 0.0560 e. The van der Waals surface area contributed by atoms with E-state index in [9.17, 15) is 0 Å². The number of rotatable bonds is 1. The molecule has 0 amide bonds. The summed E-state index contributed by atoms with van der Waals surface area (Å²) < 4.78 is 0. The minimum atomic E-state index is 0.427. The molecule has 0 unspecified atom stereocenters. The van der Waals surface area contributed by atoms with Gasteiger partial charge in [0.2, 0.25) is 0 Å². The predicted molar refractivity (Wildman–Crippen MR) is 78.1 cm³/mol. The second kappa shape index (κ2) is 4.39. The van der Waals surface area contributed by atoms with Crippen LogP contribution >= 0.6 is 0 Å². The molecule has 2 aliphatic rings. The fourth-order valence-corrected chi connectivity index (χ4v) is 3.59. The van der Waals surface area contributed by atoms with E-state index in [1.807, 2.05) is 0 Å². The Hall–Kier alpha value is -1.80. The molecule has 2 heteroatoms. The lowest BCUT2D eigenvalue weighted by molar-refractivity contribution is 0.391. The van der Waals surface area contributed by atoms with Crippen LogP contribution in [0.3, 0.4) is 0 Å². The first kappa shape index (κ1) is 11.1. The molecule has 0 saturated carbocycles. The summed E-state index contributed by atoms with van der Waals surface area (Å²) in [6, 6.07) is 20.5. The van der Waals surface area contributed by atoms with Crippen LogP contribution in [0.15, 0.2) is 54.6 Å². The molecule has 2 N–H and O–H groups in total. The van der Waals surface area contributed by atoms with Crippen LogP contribution < -0.4 is 10.6 Å². The van der Waals surface area contributed by atoms with Crippen LogP contribution in [0, 0.1) is 5.92 Å². The topological polar surface area (TPSA) is 24.1 Å². The normalized spacial score (nSPS) is 28.3. The maximum absolute atomic E-state index is 3.74. The molecule has 2 aliphatic heterocycles. The summed E-state index contributed by atoms with van der Waals surface area (Å²) in [7, 11) is 0. The van der Waals surface area contributed by atoms with Crippen LogP contribution in [0.2, 0.25) is 0 Å². The van der Waals surface area contributed by atoms with Gasteiger partial charge in [0.1, 0.15) is 0 Å². The number of benzene rings is 2. The summed E-state index contributed by atoms with van der Waals surface area (Å²) in [4.78, 5) is 0. The summed E-state index contributed by atoms with van der Waals surface area (Å²) >= 11 is 0. The van der Waals surface area contributed by atoms with E-state index in [1.54, 1.807) is 0 Å². The van der Waals surface area contributed by atoms with Gasteiger partial charge >= 0.3 is 0 Å². The second-order valence-corrected chi connectivity index (χ2v) is 5.50. The molecule has 4 rings (SSSR count). The maximum atomic E-state index is 3.74. The first-order valence-corrected chi connectivity index (χ1v) is 7.07. The van der Waals surface area contributed by atoms with Gasteiger partial charge in [-0.3, -0.25) is 0 Å². The molecule has 0 aromatic heterocycles. The molecular weight excluding hydrogens is 232 g/mol. The summed E-state index contributed by atoms with van der Waals surface area (Å²) in [6.07, 6.45) is 1.24. The number of hydrogen-bond acceptors (Lipinski definition) is 2. The fraction of sp³-hybridized carbons (Fsp3) is 0.294. The van der Waals surface area contributed by atoms with E-state index in [1.165, 1.54) is 23.2 Å². The average molecular weight is 250 g/mol. The van der Waals surface area contributed by atoms with Crippen LogP contribution in [0.1, 0.15) is 29.6 Å². The molecule has 1 fully saturated rings. The number of fused-ring (bicyclic) bond motifs is 3. The highest BCUT2D eigenvalue weighted by Crippen LogP contribution is 2.46. The van der Waals surface area contributed by atoms with Crippen molar-refractivity contribution in [2.45, 2.75) is 18.5 Å². The van der Waals surface area contributed by atoms with Crippen LogP contribution in [0.4, 0.5) is 5.69 Å². The van der Waals surface area contributed by atoms with Crippen LogP contribution in [0.25, 0.3) is 0 Å². The lowest BCUT2D eigenvalue weighted by atomic mass is 9.80. The van der Waals surface area contributed by atoms with Crippen molar-refractivity contribution < 1.29 is 0 Å². The number of anilines is 1. The van der Waals surface area contributed by atoms with Crippen molar-refractivity contribution in [3.8, 4) is 0 Å². The highest BCUT2D eigenvalue weighted by atomic mass is 15.0. The summed E-state index contributed by atoms with van der Waals surface area (Å²) in [5, 5.41) is 7.42. The van der Waals surface area contributed by atoms with Gasteiger partial charge in [0.05, 0.1) is 6.04 Å². The van der Waals surface area contributed by atoms with Gasteiger partial charge in [0.15, 0.2) is 0 Å². The van der Waals surface area contributed by atoms with E-state index < -0.39 is 0 Å². The molecule has 0 bridgehead atoms. The van der Waals surface area contributed by atoms with Gasteiger partial charge in [0, 0.05) is 17.6 Å². The van der Waals surface area contributed by atoms with Crippen molar-refractivity contribution in [2.75, 3.05) is 11.9 Å². The smallest absolute Gasteiger partial charge is 0.0560 e. The third kappa shape index (κ3) is 1.75. The minimum absolute atomic E-state index is 0.427. The van der Waals surface area contributed by atoms with Gasteiger partial charge in [-0.2, -0.15) is 0 Å². The minimum Gasteiger partial charge on any atom is -0.378 e. The fourth-order valence-electron chi connectivity index (χ4n) is 3.59. The highest BCUT2D eigenvalue weighted by Gasteiger charge is 2.39. The van der Waals surface area contributed by atoms with Gasteiger partial charge in [0.25, 0.3) is 0 Å². The van der Waals surface area contributed by atoms with Crippen molar-refractivity contribution >= 4 is 5.69 Å². The molecule has 0 spiro atoms. The van der Waals surface area contributed by atoms with Gasteiger partial charge < -0.3 is 10.6 Å². The Labute approximate surface area is 113 Å². The molecular formula is C17H18N2. The zero-order valence-electron chi connectivity index (χ0n) is 10.8. The average Bonchev–Trinajstić information content (AvgIpc) is 2.97. The van der Waals surface area contributed by atoms with Gasteiger partial charge in [-0.15, -0.1) is 0 Å². The molecule has 19 heavy (non-hydrogen) atoms. The van der Waals surface area contributed by atoms with Crippen LogP contribution in [-0.4, -0.2) is 6.54 Å². The lowest BCUT2D eigenvalue weighted by Gasteiger charge is -2.37. The van der Waals surface area contributed by atoms with E-state index >= 15 is 0 Å². The lowest BCUT2D eigenvalue weighted by Crippen LogP contribution is -2.32.